The Morgan fingerprint density at radius 3 is 2.12 bits per heavy atom. The van der Waals surface area contributed by atoms with E-state index in [2.05, 4.69) is 24.1 Å². The third-order valence-electron chi connectivity index (χ3n) is 4.22. The number of nitrogens with zero attached hydrogens (tertiary/aromatic N) is 1. The second-order valence-electron chi connectivity index (χ2n) is 6.38. The summed E-state index contributed by atoms with van der Waals surface area (Å²) in [4.78, 5) is 15.2. The highest BCUT2D eigenvalue weighted by molar-refractivity contribution is 5.95. The highest BCUT2D eigenvalue weighted by atomic mass is 16.5. The van der Waals surface area contributed by atoms with Gasteiger partial charge in [0.25, 0.3) is 0 Å². The van der Waals surface area contributed by atoms with Crippen LogP contribution in [0.2, 0.25) is 0 Å². The van der Waals surface area contributed by atoms with Crippen LogP contribution < -0.4 is 5.32 Å². The molecule has 1 fully saturated rings. The lowest BCUT2D eigenvalue weighted by Crippen LogP contribution is -2.49. The molecule has 2 aromatic rings. The van der Waals surface area contributed by atoms with Gasteiger partial charge in [-0.15, -0.1) is 0 Å². The molecule has 3 rings (SSSR count). The molecule has 1 heterocycles. The highest BCUT2D eigenvalue weighted by Crippen LogP contribution is 2.26. The zero-order valence-electron chi connectivity index (χ0n) is 14.2. The van der Waals surface area contributed by atoms with Gasteiger partial charge in [-0.3, -0.25) is 9.69 Å². The number of anilines is 1. The normalized spacial score (nSPS) is 22.8. The lowest BCUT2D eigenvalue weighted by molar-refractivity contribution is -0.128. The van der Waals surface area contributed by atoms with Crippen LogP contribution in [0.3, 0.4) is 0 Å². The first-order valence-electron chi connectivity index (χ1n) is 8.44. The summed E-state index contributed by atoms with van der Waals surface area (Å²) in [6.07, 6.45) is 0.231. The highest BCUT2D eigenvalue weighted by Gasteiger charge is 2.33. The molecule has 1 N–H and O–H groups in total. The number of morpholine rings is 1. The van der Waals surface area contributed by atoms with Crippen molar-refractivity contribution >= 4 is 11.6 Å². The van der Waals surface area contributed by atoms with Crippen LogP contribution in [0.1, 0.15) is 25.5 Å². The molecule has 1 aliphatic heterocycles. The molecule has 1 saturated heterocycles. The molecule has 0 spiro atoms. The average molecular weight is 324 g/mol. The van der Waals surface area contributed by atoms with Gasteiger partial charge in [0.15, 0.2) is 0 Å². The lowest BCUT2D eigenvalue weighted by atomic mass is 10.0. The Bertz CT molecular complexity index is 650. The number of rotatable bonds is 4. The van der Waals surface area contributed by atoms with E-state index in [-0.39, 0.29) is 24.2 Å². The van der Waals surface area contributed by atoms with Crippen molar-refractivity contribution in [3.8, 4) is 0 Å². The van der Waals surface area contributed by atoms with E-state index in [0.717, 1.165) is 24.3 Å². The first-order valence-corrected chi connectivity index (χ1v) is 8.44. The Morgan fingerprint density at radius 1 is 1.00 bits per heavy atom. The second-order valence-corrected chi connectivity index (χ2v) is 6.38. The van der Waals surface area contributed by atoms with Crippen molar-refractivity contribution in [2.75, 3.05) is 18.4 Å². The van der Waals surface area contributed by atoms with E-state index < -0.39 is 0 Å². The number of hydrogen-bond donors (Lipinski definition) is 1. The van der Waals surface area contributed by atoms with Crippen molar-refractivity contribution in [3.63, 3.8) is 0 Å². The van der Waals surface area contributed by atoms with Gasteiger partial charge < -0.3 is 10.1 Å². The molecule has 0 unspecified atom stereocenters. The number of para-hydroxylation sites is 1. The smallest absolute Gasteiger partial charge is 0.246 e. The number of benzene rings is 2. The molecule has 2 aromatic carbocycles. The van der Waals surface area contributed by atoms with E-state index in [1.165, 1.54) is 0 Å². The number of amides is 1. The predicted octanol–water partition coefficient (Wildman–Crippen LogP) is 3.48. The third-order valence-corrected chi connectivity index (χ3v) is 4.22. The van der Waals surface area contributed by atoms with Gasteiger partial charge in [-0.05, 0) is 31.5 Å². The molecule has 0 bridgehead atoms. The van der Waals surface area contributed by atoms with E-state index >= 15 is 0 Å². The van der Waals surface area contributed by atoms with Crippen LogP contribution in [-0.2, 0) is 9.53 Å². The topological polar surface area (TPSA) is 41.6 Å². The molecule has 0 aromatic heterocycles. The summed E-state index contributed by atoms with van der Waals surface area (Å²) in [6.45, 7) is 5.60. The van der Waals surface area contributed by atoms with Gasteiger partial charge >= 0.3 is 0 Å². The van der Waals surface area contributed by atoms with Crippen LogP contribution in [0, 0.1) is 0 Å². The van der Waals surface area contributed by atoms with Crippen molar-refractivity contribution in [1.29, 1.82) is 0 Å². The summed E-state index contributed by atoms with van der Waals surface area (Å²) in [6, 6.07) is 19.2. The van der Waals surface area contributed by atoms with Crippen LogP contribution in [0.25, 0.3) is 0 Å². The van der Waals surface area contributed by atoms with Crippen molar-refractivity contribution in [2.24, 2.45) is 0 Å². The number of carbonyl (C=O) groups is 1. The lowest BCUT2D eigenvalue weighted by Gasteiger charge is -2.39. The van der Waals surface area contributed by atoms with E-state index in [0.29, 0.717) is 0 Å². The van der Waals surface area contributed by atoms with Gasteiger partial charge in [-0.1, -0.05) is 48.5 Å². The van der Waals surface area contributed by atoms with Crippen molar-refractivity contribution in [1.82, 2.24) is 4.90 Å². The summed E-state index contributed by atoms with van der Waals surface area (Å²) in [5.74, 6) is -0.00583. The fourth-order valence-electron chi connectivity index (χ4n) is 3.32. The van der Waals surface area contributed by atoms with E-state index in [4.69, 9.17) is 4.74 Å². The first-order chi connectivity index (χ1) is 11.6. The van der Waals surface area contributed by atoms with Gasteiger partial charge in [0, 0.05) is 18.8 Å². The molecular formula is C20H24N2O2. The summed E-state index contributed by atoms with van der Waals surface area (Å²) >= 11 is 0. The molecule has 1 aliphatic rings. The van der Waals surface area contributed by atoms with Gasteiger partial charge in [0.1, 0.15) is 6.04 Å². The molecule has 0 radical (unpaired) electrons. The van der Waals surface area contributed by atoms with Crippen molar-refractivity contribution in [3.05, 3.63) is 66.2 Å². The Labute approximate surface area is 143 Å². The fourth-order valence-corrected chi connectivity index (χ4v) is 3.32. The van der Waals surface area contributed by atoms with Crippen molar-refractivity contribution in [2.45, 2.75) is 32.1 Å². The molecule has 3 atom stereocenters. The molecule has 0 saturated carbocycles. The monoisotopic (exact) mass is 324 g/mol. The molecule has 1 amide bonds. The quantitative estimate of drug-likeness (QED) is 0.936. The van der Waals surface area contributed by atoms with Gasteiger partial charge in [-0.25, -0.2) is 0 Å². The fraction of sp³-hybridized carbons (Fsp3) is 0.350. The zero-order chi connectivity index (χ0) is 16.9. The molecular weight excluding hydrogens is 300 g/mol. The summed E-state index contributed by atoms with van der Waals surface area (Å²) in [7, 11) is 0. The minimum atomic E-state index is -0.319. The first kappa shape index (κ1) is 16.7. The Morgan fingerprint density at radius 2 is 1.54 bits per heavy atom. The third kappa shape index (κ3) is 4.02. The molecule has 126 valence electrons. The standard InChI is InChI=1S/C20H24N2O2/c1-15-13-22(14-16(2)24-15)19(17-9-5-3-6-10-17)20(23)21-18-11-7-4-8-12-18/h3-12,15-16,19H,13-14H2,1-2H3,(H,21,23)/t15-,16+,19-/m0/s1. The minimum Gasteiger partial charge on any atom is -0.373 e. The molecule has 0 aliphatic carbocycles. The number of carbonyl (C=O) groups excluding carboxylic acids is 1. The maximum Gasteiger partial charge on any atom is 0.246 e. The Hall–Kier alpha value is -2.17. The van der Waals surface area contributed by atoms with Gasteiger partial charge in [0.2, 0.25) is 5.91 Å². The summed E-state index contributed by atoms with van der Waals surface area (Å²) in [5.41, 5.74) is 1.82. The van der Waals surface area contributed by atoms with Crippen molar-refractivity contribution < 1.29 is 9.53 Å². The number of nitrogens with one attached hydrogen (secondary N) is 1. The largest absolute Gasteiger partial charge is 0.373 e. The summed E-state index contributed by atoms with van der Waals surface area (Å²) < 4.78 is 5.83. The van der Waals surface area contributed by atoms with Crippen LogP contribution in [0.15, 0.2) is 60.7 Å². The average Bonchev–Trinajstić information content (AvgIpc) is 2.56. The SMILES string of the molecule is C[C@@H]1CN([C@H](C(=O)Nc2ccccc2)c2ccccc2)C[C@H](C)O1. The van der Waals surface area contributed by atoms with E-state index in [1.807, 2.05) is 60.7 Å². The second kappa shape index (κ2) is 7.60. The Kier molecular flexibility index (Phi) is 5.28. The zero-order valence-corrected chi connectivity index (χ0v) is 14.2. The minimum absolute atomic E-state index is 0.00583. The molecule has 4 heteroatoms. The maximum absolute atomic E-state index is 13.0. The number of hydrogen-bond acceptors (Lipinski definition) is 3. The van der Waals surface area contributed by atoms with Crippen LogP contribution in [-0.4, -0.2) is 36.1 Å². The molecule has 4 nitrogen and oxygen atoms in total. The molecule has 24 heavy (non-hydrogen) atoms. The number of ether oxygens (including phenoxy) is 1. The van der Waals surface area contributed by atoms with Crippen LogP contribution in [0.4, 0.5) is 5.69 Å². The van der Waals surface area contributed by atoms with Crippen LogP contribution >= 0.6 is 0 Å². The van der Waals surface area contributed by atoms with Gasteiger partial charge in [-0.2, -0.15) is 0 Å². The Balaban J connectivity index is 1.86. The predicted molar refractivity (Wildman–Crippen MR) is 95.8 cm³/mol. The van der Waals surface area contributed by atoms with Gasteiger partial charge in [0.05, 0.1) is 12.2 Å². The van der Waals surface area contributed by atoms with E-state index in [9.17, 15) is 4.79 Å². The summed E-state index contributed by atoms with van der Waals surface area (Å²) in [5, 5.41) is 3.05. The van der Waals surface area contributed by atoms with Crippen LogP contribution in [0.5, 0.6) is 0 Å². The maximum atomic E-state index is 13.0. The van der Waals surface area contributed by atoms with E-state index in [1.54, 1.807) is 0 Å².